The van der Waals surface area contributed by atoms with Gasteiger partial charge in [-0.15, -0.1) is 0 Å². The van der Waals surface area contributed by atoms with Gasteiger partial charge >= 0.3 is 0 Å². The third-order valence-electron chi connectivity index (χ3n) is 4.58. The van der Waals surface area contributed by atoms with Gasteiger partial charge in [-0.25, -0.2) is 4.98 Å². The number of anilines is 1. The standard InChI is InChI=1S/C22H24N2O4/c1-14-5-6-16(11-15(14)2)24-21(25)9-10-22-23-13-20(28-22)18-8-7-17(26-3)12-19(18)27-4/h5-8,11-13H,9-10H2,1-4H3,(H,24,25). The number of aromatic nitrogens is 1. The van der Waals surface area contributed by atoms with Crippen LogP contribution in [0.1, 0.15) is 23.4 Å². The van der Waals surface area contributed by atoms with Gasteiger partial charge in [0.05, 0.1) is 26.0 Å². The molecule has 3 aromatic rings. The van der Waals surface area contributed by atoms with E-state index in [0.29, 0.717) is 29.6 Å². The summed E-state index contributed by atoms with van der Waals surface area (Å²) in [5.74, 6) is 2.34. The maximum absolute atomic E-state index is 12.2. The topological polar surface area (TPSA) is 73.6 Å². The number of amides is 1. The predicted octanol–water partition coefficient (Wildman–Crippen LogP) is 4.55. The maximum Gasteiger partial charge on any atom is 0.224 e. The van der Waals surface area contributed by atoms with Gasteiger partial charge in [0.25, 0.3) is 0 Å². The first-order valence-electron chi connectivity index (χ1n) is 9.04. The van der Waals surface area contributed by atoms with Crippen LogP contribution in [0.4, 0.5) is 5.69 Å². The molecule has 0 saturated carbocycles. The summed E-state index contributed by atoms with van der Waals surface area (Å²) in [6.07, 6.45) is 2.34. The van der Waals surface area contributed by atoms with Crippen LogP contribution < -0.4 is 14.8 Å². The van der Waals surface area contributed by atoms with Crippen LogP contribution >= 0.6 is 0 Å². The lowest BCUT2D eigenvalue weighted by Crippen LogP contribution is -2.12. The summed E-state index contributed by atoms with van der Waals surface area (Å²) in [6, 6.07) is 11.3. The maximum atomic E-state index is 12.2. The minimum absolute atomic E-state index is 0.0787. The van der Waals surface area contributed by atoms with Crippen molar-refractivity contribution in [3.8, 4) is 22.8 Å². The van der Waals surface area contributed by atoms with Crippen LogP contribution in [-0.4, -0.2) is 25.1 Å². The molecule has 0 saturated heterocycles. The number of aryl methyl sites for hydroxylation is 3. The molecule has 0 fully saturated rings. The van der Waals surface area contributed by atoms with E-state index in [1.807, 2.05) is 44.2 Å². The molecule has 0 bridgehead atoms. The molecule has 3 rings (SSSR count). The lowest BCUT2D eigenvalue weighted by Gasteiger charge is -2.08. The van der Waals surface area contributed by atoms with Crippen LogP contribution in [0.25, 0.3) is 11.3 Å². The fraction of sp³-hybridized carbons (Fsp3) is 0.273. The molecule has 0 aliphatic heterocycles. The Hall–Kier alpha value is -3.28. The van der Waals surface area contributed by atoms with E-state index in [4.69, 9.17) is 13.9 Å². The summed E-state index contributed by atoms with van der Waals surface area (Å²) in [5, 5.41) is 2.91. The summed E-state index contributed by atoms with van der Waals surface area (Å²) in [7, 11) is 3.19. The Morgan fingerprint density at radius 3 is 2.61 bits per heavy atom. The highest BCUT2D eigenvalue weighted by atomic mass is 16.5. The Bertz CT molecular complexity index is 978. The van der Waals surface area contributed by atoms with E-state index in [0.717, 1.165) is 16.8 Å². The number of hydrogen-bond donors (Lipinski definition) is 1. The van der Waals surface area contributed by atoms with Crippen molar-refractivity contribution in [1.82, 2.24) is 4.98 Å². The summed E-state index contributed by atoms with van der Waals surface area (Å²) >= 11 is 0. The number of methoxy groups -OCH3 is 2. The van der Waals surface area contributed by atoms with Crippen molar-refractivity contribution in [1.29, 1.82) is 0 Å². The van der Waals surface area contributed by atoms with Crippen LogP contribution in [0.3, 0.4) is 0 Å². The molecule has 1 amide bonds. The van der Waals surface area contributed by atoms with Crippen LogP contribution in [-0.2, 0) is 11.2 Å². The van der Waals surface area contributed by atoms with E-state index in [9.17, 15) is 4.79 Å². The Labute approximate surface area is 164 Å². The third kappa shape index (κ3) is 4.52. The van der Waals surface area contributed by atoms with Gasteiger partial charge in [0.1, 0.15) is 11.5 Å². The van der Waals surface area contributed by atoms with Gasteiger partial charge in [0.15, 0.2) is 11.7 Å². The molecule has 6 nitrogen and oxygen atoms in total. The van der Waals surface area contributed by atoms with Crippen molar-refractivity contribution in [2.24, 2.45) is 0 Å². The average Bonchev–Trinajstić information content (AvgIpc) is 3.17. The quantitative estimate of drug-likeness (QED) is 0.651. The molecule has 0 aliphatic rings. The Morgan fingerprint density at radius 2 is 1.89 bits per heavy atom. The van der Waals surface area contributed by atoms with Crippen molar-refractivity contribution in [2.45, 2.75) is 26.7 Å². The van der Waals surface area contributed by atoms with Crippen molar-refractivity contribution in [3.63, 3.8) is 0 Å². The smallest absolute Gasteiger partial charge is 0.224 e. The monoisotopic (exact) mass is 380 g/mol. The number of nitrogens with zero attached hydrogens (tertiary/aromatic N) is 1. The fourth-order valence-corrected chi connectivity index (χ4v) is 2.82. The summed E-state index contributed by atoms with van der Waals surface area (Å²) < 4.78 is 16.4. The Balaban J connectivity index is 1.63. The lowest BCUT2D eigenvalue weighted by molar-refractivity contribution is -0.116. The van der Waals surface area contributed by atoms with Crippen molar-refractivity contribution in [3.05, 3.63) is 59.6 Å². The molecule has 1 aromatic heterocycles. The number of rotatable bonds is 7. The molecule has 1 N–H and O–H groups in total. The highest BCUT2D eigenvalue weighted by Gasteiger charge is 2.14. The van der Waals surface area contributed by atoms with E-state index in [-0.39, 0.29) is 12.3 Å². The molecular formula is C22H24N2O4. The molecule has 0 spiro atoms. The van der Waals surface area contributed by atoms with Crippen molar-refractivity contribution >= 4 is 11.6 Å². The molecule has 6 heteroatoms. The number of ether oxygens (including phenoxy) is 2. The molecule has 146 valence electrons. The van der Waals surface area contributed by atoms with E-state index >= 15 is 0 Å². The second-order valence-corrected chi connectivity index (χ2v) is 6.53. The van der Waals surface area contributed by atoms with Crippen molar-refractivity contribution < 1.29 is 18.7 Å². The minimum Gasteiger partial charge on any atom is -0.497 e. The number of benzene rings is 2. The van der Waals surface area contributed by atoms with Gasteiger partial charge in [0, 0.05) is 24.6 Å². The first kappa shape index (κ1) is 19.5. The van der Waals surface area contributed by atoms with Gasteiger partial charge in [-0.1, -0.05) is 6.07 Å². The molecule has 0 aliphatic carbocycles. The van der Waals surface area contributed by atoms with E-state index < -0.39 is 0 Å². The largest absolute Gasteiger partial charge is 0.497 e. The molecule has 0 unspecified atom stereocenters. The first-order valence-corrected chi connectivity index (χ1v) is 9.04. The third-order valence-corrected chi connectivity index (χ3v) is 4.58. The molecule has 0 radical (unpaired) electrons. The van der Waals surface area contributed by atoms with Crippen LogP contribution in [0.15, 0.2) is 47.0 Å². The number of hydrogen-bond acceptors (Lipinski definition) is 5. The number of nitrogens with one attached hydrogen (secondary N) is 1. The van der Waals surface area contributed by atoms with Gasteiger partial charge in [-0.2, -0.15) is 0 Å². The second kappa shape index (κ2) is 8.61. The van der Waals surface area contributed by atoms with Crippen LogP contribution in [0.5, 0.6) is 11.5 Å². The molecular weight excluding hydrogens is 356 g/mol. The number of carbonyl (C=O) groups is 1. The van der Waals surface area contributed by atoms with E-state index in [1.54, 1.807) is 26.5 Å². The normalized spacial score (nSPS) is 10.6. The predicted molar refractivity (Wildman–Crippen MR) is 108 cm³/mol. The Morgan fingerprint density at radius 1 is 1.07 bits per heavy atom. The molecule has 0 atom stereocenters. The zero-order valence-electron chi connectivity index (χ0n) is 16.5. The van der Waals surface area contributed by atoms with Gasteiger partial charge < -0.3 is 19.2 Å². The highest BCUT2D eigenvalue weighted by Crippen LogP contribution is 2.33. The Kier molecular flexibility index (Phi) is 5.99. The minimum atomic E-state index is -0.0787. The fourth-order valence-electron chi connectivity index (χ4n) is 2.82. The zero-order chi connectivity index (χ0) is 20.1. The first-order chi connectivity index (χ1) is 13.5. The molecule has 2 aromatic carbocycles. The van der Waals surface area contributed by atoms with Crippen molar-refractivity contribution in [2.75, 3.05) is 19.5 Å². The number of oxazole rings is 1. The van der Waals surface area contributed by atoms with Crippen LogP contribution in [0.2, 0.25) is 0 Å². The van der Waals surface area contributed by atoms with Gasteiger partial charge in [0.2, 0.25) is 5.91 Å². The van der Waals surface area contributed by atoms with Gasteiger partial charge in [-0.3, -0.25) is 4.79 Å². The van der Waals surface area contributed by atoms with E-state index in [1.165, 1.54) is 5.56 Å². The van der Waals surface area contributed by atoms with E-state index in [2.05, 4.69) is 10.3 Å². The van der Waals surface area contributed by atoms with Crippen LogP contribution in [0, 0.1) is 13.8 Å². The SMILES string of the molecule is COc1ccc(-c2cnc(CCC(=O)Nc3ccc(C)c(C)c3)o2)c(OC)c1. The molecule has 1 heterocycles. The highest BCUT2D eigenvalue weighted by molar-refractivity contribution is 5.90. The zero-order valence-corrected chi connectivity index (χ0v) is 16.5. The molecule has 28 heavy (non-hydrogen) atoms. The van der Waals surface area contributed by atoms with Gasteiger partial charge in [-0.05, 0) is 49.2 Å². The summed E-state index contributed by atoms with van der Waals surface area (Å²) in [5.41, 5.74) is 3.91. The summed E-state index contributed by atoms with van der Waals surface area (Å²) in [4.78, 5) is 16.5. The lowest BCUT2D eigenvalue weighted by atomic mass is 10.1. The second-order valence-electron chi connectivity index (χ2n) is 6.53. The number of carbonyl (C=O) groups excluding carboxylic acids is 1. The summed E-state index contributed by atoms with van der Waals surface area (Å²) in [6.45, 7) is 4.06. The average molecular weight is 380 g/mol.